The zero-order chi connectivity index (χ0) is 16.9. The average molecular weight is 332 g/mol. The molecule has 2 rings (SSSR count). The van der Waals surface area contributed by atoms with E-state index in [4.69, 9.17) is 0 Å². The van der Waals surface area contributed by atoms with E-state index < -0.39 is 0 Å². The minimum absolute atomic E-state index is 0. The third-order valence-electron chi connectivity index (χ3n) is 3.48. The third kappa shape index (κ3) is 6.86. The molecule has 24 heavy (non-hydrogen) atoms. The number of carbonyl (C=O) groups is 2. The van der Waals surface area contributed by atoms with Crippen LogP contribution in [0.15, 0.2) is 36.4 Å². The normalized spacial score (nSPS) is 8.92. The maximum atomic E-state index is 12.7. The second-order valence-corrected chi connectivity index (χ2v) is 5.38. The summed E-state index contributed by atoms with van der Waals surface area (Å²) in [5, 5.41) is 0. The molecule has 0 aliphatic carbocycles. The van der Waals surface area contributed by atoms with E-state index >= 15 is 0 Å². The number of Topliss-reactive ketones (excluding diaryl/α,β-unsaturated/α-hetero) is 2. The van der Waals surface area contributed by atoms with Crippen LogP contribution in [0.1, 0.15) is 66.1 Å². The van der Waals surface area contributed by atoms with Crippen molar-refractivity contribution in [1.29, 1.82) is 0 Å². The lowest BCUT2D eigenvalue weighted by atomic mass is 10.0. The molecule has 2 aromatic rings. The second kappa shape index (κ2) is 10.5. The molecule has 0 atom stereocenters. The summed E-state index contributed by atoms with van der Waals surface area (Å²) in [7, 11) is 0. The first kappa shape index (κ1) is 24.0. The number of benzene rings is 2. The van der Waals surface area contributed by atoms with Crippen molar-refractivity contribution in [3.05, 3.63) is 70.0 Å². The van der Waals surface area contributed by atoms with E-state index in [1.54, 1.807) is 19.9 Å². The molecule has 0 spiro atoms. The average Bonchev–Trinajstić information content (AvgIpc) is 2.45. The molecule has 0 aromatic heterocycles. The molecule has 3 heteroatoms. The second-order valence-electron chi connectivity index (χ2n) is 5.38. The lowest BCUT2D eigenvalue weighted by molar-refractivity contribution is 0.100. The zero-order valence-electron chi connectivity index (χ0n) is 13.7. The van der Waals surface area contributed by atoms with Crippen LogP contribution in [-0.4, -0.2) is 11.6 Å². The zero-order valence-corrected chi connectivity index (χ0v) is 13.7. The SMILES string of the molecule is C.C.CC(=O)c1ccc(C)c(C)c1.CC(=O)c1ccc(F)c(C)c1. The molecular formula is C21H29FO2. The van der Waals surface area contributed by atoms with E-state index in [1.807, 2.05) is 32.0 Å². The summed E-state index contributed by atoms with van der Waals surface area (Å²) in [6, 6.07) is 10.1. The van der Waals surface area contributed by atoms with E-state index in [1.165, 1.54) is 30.2 Å². The Bertz CT molecular complexity index is 641. The molecular weight excluding hydrogens is 303 g/mol. The molecule has 2 nitrogen and oxygen atoms in total. The van der Waals surface area contributed by atoms with Crippen molar-refractivity contribution < 1.29 is 14.0 Å². The van der Waals surface area contributed by atoms with Crippen molar-refractivity contribution in [3.8, 4) is 0 Å². The Kier molecular flexibility index (Phi) is 10.5. The Hall–Kier alpha value is -2.29. The Balaban J connectivity index is 0. The largest absolute Gasteiger partial charge is 0.295 e. The molecule has 0 aliphatic heterocycles. The molecule has 0 heterocycles. The highest BCUT2D eigenvalue weighted by molar-refractivity contribution is 5.94. The van der Waals surface area contributed by atoms with Crippen LogP contribution in [-0.2, 0) is 0 Å². The molecule has 0 fully saturated rings. The van der Waals surface area contributed by atoms with Crippen molar-refractivity contribution in [2.24, 2.45) is 0 Å². The predicted molar refractivity (Wildman–Crippen MR) is 101 cm³/mol. The molecule has 0 saturated carbocycles. The number of hydrogen-bond donors (Lipinski definition) is 0. The Morgan fingerprint density at radius 2 is 1.12 bits per heavy atom. The highest BCUT2D eigenvalue weighted by Crippen LogP contribution is 2.10. The highest BCUT2D eigenvalue weighted by atomic mass is 19.1. The lowest BCUT2D eigenvalue weighted by Gasteiger charge is -2.00. The van der Waals surface area contributed by atoms with Gasteiger partial charge in [-0.1, -0.05) is 27.0 Å². The van der Waals surface area contributed by atoms with Crippen molar-refractivity contribution in [2.75, 3.05) is 0 Å². The van der Waals surface area contributed by atoms with E-state index in [0.29, 0.717) is 11.1 Å². The predicted octanol–water partition coefficient (Wildman–Crippen LogP) is 6.11. The molecule has 0 bridgehead atoms. The summed E-state index contributed by atoms with van der Waals surface area (Å²) >= 11 is 0. The quantitative estimate of drug-likeness (QED) is 0.621. The van der Waals surface area contributed by atoms with Crippen LogP contribution in [0.4, 0.5) is 4.39 Å². The summed E-state index contributed by atoms with van der Waals surface area (Å²) in [5.74, 6) is -0.170. The van der Waals surface area contributed by atoms with Gasteiger partial charge in [0.05, 0.1) is 0 Å². The number of ketones is 2. The smallest absolute Gasteiger partial charge is 0.159 e. The van der Waals surface area contributed by atoms with Gasteiger partial charge in [-0.05, 0) is 75.6 Å². The number of rotatable bonds is 2. The number of carbonyl (C=O) groups excluding carboxylic acids is 2. The molecule has 0 radical (unpaired) electrons. The van der Waals surface area contributed by atoms with E-state index in [-0.39, 0.29) is 32.2 Å². The van der Waals surface area contributed by atoms with Crippen LogP contribution < -0.4 is 0 Å². The fourth-order valence-corrected chi connectivity index (χ4v) is 1.82. The Morgan fingerprint density at radius 1 is 0.708 bits per heavy atom. The highest BCUT2D eigenvalue weighted by Gasteiger charge is 2.01. The molecule has 0 unspecified atom stereocenters. The third-order valence-corrected chi connectivity index (χ3v) is 3.48. The summed E-state index contributed by atoms with van der Waals surface area (Å²) in [6.45, 7) is 8.75. The monoisotopic (exact) mass is 332 g/mol. The van der Waals surface area contributed by atoms with Crippen LogP contribution in [0.2, 0.25) is 0 Å². The van der Waals surface area contributed by atoms with Gasteiger partial charge in [0.25, 0.3) is 0 Å². The van der Waals surface area contributed by atoms with E-state index in [0.717, 1.165) is 5.56 Å². The number of aryl methyl sites for hydroxylation is 3. The Labute approximate surface area is 145 Å². The lowest BCUT2D eigenvalue weighted by Crippen LogP contribution is -1.93. The minimum atomic E-state index is -0.269. The Morgan fingerprint density at radius 3 is 1.50 bits per heavy atom. The standard InChI is InChI=1S/C10H12O.C9H9FO.2CH4/c1-7-4-5-10(9(3)11)6-8(7)2;1-6-5-8(7(2)11)3-4-9(6)10;;/h4-6H,1-3H3;3-5H,1-2H3;2*1H4. The molecule has 0 saturated heterocycles. The fourth-order valence-electron chi connectivity index (χ4n) is 1.82. The molecule has 0 amide bonds. The van der Waals surface area contributed by atoms with Crippen LogP contribution >= 0.6 is 0 Å². The first-order chi connectivity index (χ1) is 10.2. The summed E-state index contributed by atoms with van der Waals surface area (Å²) in [4.78, 5) is 21.7. The number of halogens is 1. The fraction of sp³-hybridized carbons (Fsp3) is 0.333. The van der Waals surface area contributed by atoms with Gasteiger partial charge in [-0.2, -0.15) is 0 Å². The van der Waals surface area contributed by atoms with Crippen LogP contribution in [0.25, 0.3) is 0 Å². The van der Waals surface area contributed by atoms with Gasteiger partial charge in [-0.25, -0.2) is 4.39 Å². The van der Waals surface area contributed by atoms with Crippen LogP contribution in [0, 0.1) is 26.6 Å². The molecule has 2 aromatic carbocycles. The molecule has 0 N–H and O–H groups in total. The van der Waals surface area contributed by atoms with E-state index in [2.05, 4.69) is 0 Å². The van der Waals surface area contributed by atoms with E-state index in [9.17, 15) is 14.0 Å². The van der Waals surface area contributed by atoms with Gasteiger partial charge in [0.2, 0.25) is 0 Å². The maximum Gasteiger partial charge on any atom is 0.159 e. The van der Waals surface area contributed by atoms with Gasteiger partial charge in [0.15, 0.2) is 11.6 Å². The van der Waals surface area contributed by atoms with Crippen molar-refractivity contribution in [2.45, 2.75) is 49.5 Å². The van der Waals surface area contributed by atoms with Gasteiger partial charge in [0.1, 0.15) is 5.82 Å². The van der Waals surface area contributed by atoms with Gasteiger partial charge in [-0.3, -0.25) is 9.59 Å². The number of hydrogen-bond acceptors (Lipinski definition) is 2. The summed E-state index contributed by atoms with van der Waals surface area (Å²) < 4.78 is 12.7. The minimum Gasteiger partial charge on any atom is -0.295 e. The van der Waals surface area contributed by atoms with Gasteiger partial charge < -0.3 is 0 Å². The van der Waals surface area contributed by atoms with Crippen LogP contribution in [0.5, 0.6) is 0 Å². The van der Waals surface area contributed by atoms with Gasteiger partial charge in [-0.15, -0.1) is 0 Å². The molecule has 132 valence electrons. The van der Waals surface area contributed by atoms with Crippen molar-refractivity contribution in [3.63, 3.8) is 0 Å². The summed E-state index contributed by atoms with van der Waals surface area (Å²) in [5.41, 5.74) is 4.28. The van der Waals surface area contributed by atoms with Gasteiger partial charge >= 0.3 is 0 Å². The van der Waals surface area contributed by atoms with Crippen molar-refractivity contribution >= 4 is 11.6 Å². The first-order valence-corrected chi connectivity index (χ1v) is 7.07. The van der Waals surface area contributed by atoms with Gasteiger partial charge in [0, 0.05) is 11.1 Å². The van der Waals surface area contributed by atoms with Crippen molar-refractivity contribution in [1.82, 2.24) is 0 Å². The topological polar surface area (TPSA) is 34.1 Å². The first-order valence-electron chi connectivity index (χ1n) is 7.07. The maximum absolute atomic E-state index is 12.7. The summed E-state index contributed by atoms with van der Waals surface area (Å²) in [6.07, 6.45) is 0. The van der Waals surface area contributed by atoms with Crippen LogP contribution in [0.3, 0.4) is 0 Å². The molecule has 0 aliphatic rings.